The van der Waals surface area contributed by atoms with E-state index in [1.165, 1.54) is 6.42 Å². The number of hydrogen-bond donors (Lipinski definition) is 2. The highest BCUT2D eigenvalue weighted by Gasteiger charge is 2.10. The minimum atomic E-state index is -0.00560. The Morgan fingerprint density at radius 1 is 1.53 bits per heavy atom. The van der Waals surface area contributed by atoms with Crippen LogP contribution in [0.5, 0.6) is 0 Å². The molecule has 0 amide bonds. The summed E-state index contributed by atoms with van der Waals surface area (Å²) in [6.07, 6.45) is 2.95. The SMILES string of the molecule is CCCSCC(N)c1cc(C)cnc1N. The molecule has 0 aliphatic rings. The predicted molar refractivity (Wildman–Crippen MR) is 67.9 cm³/mol. The average molecular weight is 225 g/mol. The van der Waals surface area contributed by atoms with Crippen LogP contribution >= 0.6 is 11.8 Å². The van der Waals surface area contributed by atoms with Crippen molar-refractivity contribution in [3.05, 3.63) is 23.4 Å². The fourth-order valence-electron chi connectivity index (χ4n) is 1.34. The van der Waals surface area contributed by atoms with Gasteiger partial charge in [0, 0.05) is 23.6 Å². The smallest absolute Gasteiger partial charge is 0.128 e. The molecule has 1 aromatic heterocycles. The van der Waals surface area contributed by atoms with Gasteiger partial charge >= 0.3 is 0 Å². The standard InChI is InChI=1S/C11H19N3S/c1-3-4-15-7-10(12)9-5-8(2)6-14-11(9)13/h5-6,10H,3-4,7,12H2,1-2H3,(H2,13,14). The van der Waals surface area contributed by atoms with Gasteiger partial charge in [0.25, 0.3) is 0 Å². The molecule has 1 aromatic rings. The highest BCUT2D eigenvalue weighted by molar-refractivity contribution is 7.99. The van der Waals surface area contributed by atoms with Crippen molar-refractivity contribution < 1.29 is 0 Å². The van der Waals surface area contributed by atoms with Crippen LogP contribution in [0.15, 0.2) is 12.3 Å². The van der Waals surface area contributed by atoms with Gasteiger partial charge in [0.05, 0.1) is 0 Å². The van der Waals surface area contributed by atoms with Crippen LogP contribution in [0.1, 0.15) is 30.5 Å². The lowest BCUT2D eigenvalue weighted by Gasteiger charge is -2.13. The van der Waals surface area contributed by atoms with Crippen molar-refractivity contribution in [3.63, 3.8) is 0 Å². The maximum absolute atomic E-state index is 6.06. The van der Waals surface area contributed by atoms with Crippen molar-refractivity contribution in [2.45, 2.75) is 26.3 Å². The molecule has 3 nitrogen and oxygen atoms in total. The second-order valence-electron chi connectivity index (χ2n) is 3.67. The average Bonchev–Trinajstić information content (AvgIpc) is 2.22. The first-order chi connectivity index (χ1) is 7.15. The highest BCUT2D eigenvalue weighted by Crippen LogP contribution is 2.21. The van der Waals surface area contributed by atoms with E-state index in [9.17, 15) is 0 Å². The second kappa shape index (κ2) is 5.98. The maximum atomic E-state index is 6.06. The summed E-state index contributed by atoms with van der Waals surface area (Å²) in [6, 6.07) is 2.02. The van der Waals surface area contributed by atoms with E-state index >= 15 is 0 Å². The Labute approximate surface area is 95.6 Å². The van der Waals surface area contributed by atoms with Crippen LogP contribution in [-0.2, 0) is 0 Å². The molecule has 1 rings (SSSR count). The monoisotopic (exact) mass is 225 g/mol. The fourth-order valence-corrected chi connectivity index (χ4v) is 2.23. The number of pyridine rings is 1. The van der Waals surface area contributed by atoms with E-state index < -0.39 is 0 Å². The third kappa shape index (κ3) is 3.72. The second-order valence-corrected chi connectivity index (χ2v) is 4.82. The Morgan fingerprint density at radius 3 is 2.93 bits per heavy atom. The van der Waals surface area contributed by atoms with Gasteiger partial charge in [-0.25, -0.2) is 4.98 Å². The van der Waals surface area contributed by atoms with Gasteiger partial charge in [-0.2, -0.15) is 11.8 Å². The molecule has 4 N–H and O–H groups in total. The zero-order chi connectivity index (χ0) is 11.3. The molecule has 0 fully saturated rings. The van der Waals surface area contributed by atoms with Crippen molar-refractivity contribution >= 4 is 17.6 Å². The van der Waals surface area contributed by atoms with Crippen LogP contribution in [0.2, 0.25) is 0 Å². The summed E-state index contributed by atoms with van der Waals surface area (Å²) in [4.78, 5) is 4.12. The maximum Gasteiger partial charge on any atom is 0.128 e. The van der Waals surface area contributed by atoms with E-state index in [4.69, 9.17) is 11.5 Å². The number of aryl methyl sites for hydroxylation is 1. The molecule has 0 aliphatic heterocycles. The molecule has 0 saturated carbocycles. The van der Waals surface area contributed by atoms with Gasteiger partial charge in [0.15, 0.2) is 0 Å². The topological polar surface area (TPSA) is 64.9 Å². The van der Waals surface area contributed by atoms with E-state index in [2.05, 4.69) is 11.9 Å². The number of nitrogens with two attached hydrogens (primary N) is 2. The van der Waals surface area contributed by atoms with Gasteiger partial charge in [0.1, 0.15) is 5.82 Å². The molecule has 1 heterocycles. The zero-order valence-corrected chi connectivity index (χ0v) is 10.2. The normalized spacial score (nSPS) is 12.7. The van der Waals surface area contributed by atoms with Crippen molar-refractivity contribution in [3.8, 4) is 0 Å². The predicted octanol–water partition coefficient (Wildman–Crippen LogP) is 2.12. The Kier molecular flexibility index (Phi) is 4.91. The van der Waals surface area contributed by atoms with E-state index in [1.54, 1.807) is 6.20 Å². The van der Waals surface area contributed by atoms with Gasteiger partial charge in [0.2, 0.25) is 0 Å². The summed E-state index contributed by atoms with van der Waals surface area (Å²) in [7, 11) is 0. The highest BCUT2D eigenvalue weighted by atomic mass is 32.2. The van der Waals surface area contributed by atoms with Gasteiger partial charge in [-0.05, 0) is 30.7 Å². The number of nitrogen functional groups attached to an aromatic ring is 1. The molecule has 0 aliphatic carbocycles. The summed E-state index contributed by atoms with van der Waals surface area (Å²) in [5.41, 5.74) is 13.9. The molecular weight excluding hydrogens is 206 g/mol. The molecule has 0 saturated heterocycles. The van der Waals surface area contributed by atoms with Crippen molar-refractivity contribution in [1.29, 1.82) is 0 Å². The molecule has 0 bridgehead atoms. The Hall–Kier alpha value is -0.740. The summed E-state index contributed by atoms with van der Waals surface area (Å²) < 4.78 is 0. The summed E-state index contributed by atoms with van der Waals surface area (Å²) in [6.45, 7) is 4.17. The van der Waals surface area contributed by atoms with Gasteiger partial charge in [-0.15, -0.1) is 0 Å². The van der Waals surface area contributed by atoms with Crippen molar-refractivity contribution in [2.24, 2.45) is 5.73 Å². The summed E-state index contributed by atoms with van der Waals surface area (Å²) in [5.74, 6) is 2.61. The van der Waals surface area contributed by atoms with E-state index in [0.717, 1.165) is 22.6 Å². The fraction of sp³-hybridized carbons (Fsp3) is 0.545. The number of anilines is 1. The van der Waals surface area contributed by atoms with E-state index in [1.807, 2.05) is 24.8 Å². The molecule has 0 spiro atoms. The lowest BCUT2D eigenvalue weighted by molar-refractivity contribution is 0.826. The molecular formula is C11H19N3S. The number of nitrogens with zero attached hydrogens (tertiary/aromatic N) is 1. The Morgan fingerprint density at radius 2 is 2.27 bits per heavy atom. The first-order valence-electron chi connectivity index (χ1n) is 5.20. The third-order valence-corrected chi connectivity index (χ3v) is 3.42. The minimum Gasteiger partial charge on any atom is -0.383 e. The largest absolute Gasteiger partial charge is 0.383 e. The third-order valence-electron chi connectivity index (χ3n) is 2.13. The van der Waals surface area contributed by atoms with Crippen LogP contribution in [0.3, 0.4) is 0 Å². The van der Waals surface area contributed by atoms with Crippen LogP contribution in [0.25, 0.3) is 0 Å². The number of thioether (sulfide) groups is 1. The Bertz CT molecular complexity index is 315. The summed E-state index contributed by atoms with van der Waals surface area (Å²) >= 11 is 1.86. The van der Waals surface area contributed by atoms with Crippen LogP contribution in [-0.4, -0.2) is 16.5 Å². The minimum absolute atomic E-state index is 0.00560. The van der Waals surface area contributed by atoms with Gasteiger partial charge in [-0.1, -0.05) is 6.92 Å². The van der Waals surface area contributed by atoms with Crippen LogP contribution < -0.4 is 11.5 Å². The Balaban J connectivity index is 2.64. The first kappa shape index (κ1) is 12.3. The van der Waals surface area contributed by atoms with Gasteiger partial charge in [-0.3, -0.25) is 0 Å². The molecule has 15 heavy (non-hydrogen) atoms. The van der Waals surface area contributed by atoms with Crippen molar-refractivity contribution in [2.75, 3.05) is 17.2 Å². The molecule has 1 atom stereocenters. The number of hydrogen-bond acceptors (Lipinski definition) is 4. The molecule has 0 radical (unpaired) electrons. The van der Waals surface area contributed by atoms with E-state index in [0.29, 0.717) is 5.82 Å². The van der Waals surface area contributed by atoms with Crippen molar-refractivity contribution in [1.82, 2.24) is 4.98 Å². The first-order valence-corrected chi connectivity index (χ1v) is 6.36. The van der Waals surface area contributed by atoms with Gasteiger partial charge < -0.3 is 11.5 Å². The lowest BCUT2D eigenvalue weighted by atomic mass is 10.1. The number of aromatic nitrogens is 1. The lowest BCUT2D eigenvalue weighted by Crippen LogP contribution is -2.16. The molecule has 0 aromatic carbocycles. The zero-order valence-electron chi connectivity index (χ0n) is 9.36. The quantitative estimate of drug-likeness (QED) is 0.753. The van der Waals surface area contributed by atoms with Crippen LogP contribution in [0.4, 0.5) is 5.82 Å². The van der Waals surface area contributed by atoms with E-state index in [-0.39, 0.29) is 6.04 Å². The molecule has 4 heteroatoms. The molecule has 84 valence electrons. The molecule has 1 unspecified atom stereocenters. The number of rotatable bonds is 5. The van der Waals surface area contributed by atoms with Crippen LogP contribution in [0, 0.1) is 6.92 Å². The summed E-state index contributed by atoms with van der Waals surface area (Å²) in [5, 5.41) is 0.